The molecule has 0 aliphatic heterocycles. The normalized spacial score (nSPS) is 15.4. The molecule has 0 aliphatic carbocycles. The smallest absolute Gasteiger partial charge is 0.191 e. The lowest BCUT2D eigenvalue weighted by molar-refractivity contribution is -0.264. The molecule has 11 heavy (non-hydrogen) atoms. The summed E-state index contributed by atoms with van der Waals surface area (Å²) in [5.41, 5.74) is -1.09. The maximum atomic E-state index is 12.1. The first-order valence-corrected chi connectivity index (χ1v) is 2.64. The molecule has 0 unspecified atom stereocenters. The molecule has 1 radical (unpaired) electrons. The molecule has 0 aromatic carbocycles. The number of hydrogen-bond acceptors (Lipinski definition) is 0. The van der Waals surface area contributed by atoms with Crippen molar-refractivity contribution >= 4 is 0 Å². The number of allylic oxidation sites excluding steroid dienone is 2. The fourth-order valence-electron chi connectivity index (χ4n) is 0.352. The molecule has 0 fully saturated rings. The highest BCUT2D eigenvalue weighted by molar-refractivity contribution is 5.13. The fourth-order valence-corrected chi connectivity index (χ4v) is 0.352. The highest BCUT2D eigenvalue weighted by Gasteiger charge is 2.58. The van der Waals surface area contributed by atoms with Gasteiger partial charge in [-0.15, -0.1) is 0 Å². The van der Waals surface area contributed by atoms with Crippen LogP contribution in [0.3, 0.4) is 0 Å². The summed E-state index contributed by atoms with van der Waals surface area (Å²) in [7, 11) is 0. The summed E-state index contributed by atoms with van der Waals surface area (Å²) < 4.78 is 58.5. The van der Waals surface area contributed by atoms with Crippen molar-refractivity contribution in [3.05, 3.63) is 18.6 Å². The van der Waals surface area contributed by atoms with Crippen molar-refractivity contribution in [1.29, 1.82) is 0 Å². The van der Waals surface area contributed by atoms with Crippen molar-refractivity contribution in [3.63, 3.8) is 0 Å². The van der Waals surface area contributed by atoms with Gasteiger partial charge in [-0.1, -0.05) is 6.08 Å². The molecular weight excluding hydrogens is 167 g/mol. The number of hydrogen-bond donors (Lipinski definition) is 0. The monoisotopic (exact) mass is 173 g/mol. The number of halogens is 5. The van der Waals surface area contributed by atoms with Gasteiger partial charge in [-0.25, -0.2) is 0 Å². The third-order valence-corrected chi connectivity index (χ3v) is 1.16. The van der Waals surface area contributed by atoms with Crippen LogP contribution < -0.4 is 0 Å². The topological polar surface area (TPSA) is 0 Å². The maximum absolute atomic E-state index is 12.1. The second-order valence-corrected chi connectivity index (χ2v) is 1.96. The van der Waals surface area contributed by atoms with Crippen molar-refractivity contribution in [2.24, 2.45) is 0 Å². The van der Waals surface area contributed by atoms with Crippen molar-refractivity contribution in [1.82, 2.24) is 0 Å². The van der Waals surface area contributed by atoms with E-state index in [1.807, 2.05) is 0 Å². The number of rotatable bonds is 1. The predicted molar refractivity (Wildman–Crippen MR) is 30.1 cm³/mol. The quantitative estimate of drug-likeness (QED) is 0.534. The van der Waals surface area contributed by atoms with Crippen molar-refractivity contribution in [2.45, 2.75) is 19.0 Å². The van der Waals surface area contributed by atoms with Crippen LogP contribution in [0.15, 0.2) is 11.6 Å². The predicted octanol–water partition coefficient (Wildman–Crippen LogP) is 2.96. The highest BCUT2D eigenvalue weighted by atomic mass is 19.4. The van der Waals surface area contributed by atoms with Gasteiger partial charge in [0.2, 0.25) is 0 Å². The second kappa shape index (κ2) is 2.79. The van der Waals surface area contributed by atoms with Crippen molar-refractivity contribution in [2.75, 3.05) is 0 Å². The molecule has 0 saturated carbocycles. The number of alkyl halides is 5. The lowest BCUT2D eigenvalue weighted by Gasteiger charge is -2.19. The Kier molecular flexibility index (Phi) is 2.64. The molecule has 0 nitrogen and oxygen atoms in total. The van der Waals surface area contributed by atoms with Gasteiger partial charge in [-0.2, -0.15) is 22.0 Å². The summed E-state index contributed by atoms with van der Waals surface area (Å²) in [6.45, 7) is 3.50. The van der Waals surface area contributed by atoms with E-state index in [0.717, 1.165) is 0 Å². The summed E-state index contributed by atoms with van der Waals surface area (Å²) >= 11 is 0. The van der Waals surface area contributed by atoms with Crippen LogP contribution in [0.1, 0.15) is 6.92 Å². The van der Waals surface area contributed by atoms with Crippen LogP contribution in [0, 0.1) is 6.92 Å². The molecule has 0 aromatic heterocycles. The molecule has 0 atom stereocenters. The van der Waals surface area contributed by atoms with Gasteiger partial charge < -0.3 is 0 Å². The molecule has 5 heteroatoms. The van der Waals surface area contributed by atoms with E-state index < -0.39 is 17.7 Å². The van der Waals surface area contributed by atoms with Crippen LogP contribution in [0.5, 0.6) is 0 Å². The molecule has 65 valence electrons. The zero-order valence-electron chi connectivity index (χ0n) is 5.67. The van der Waals surface area contributed by atoms with Crippen molar-refractivity contribution in [3.8, 4) is 0 Å². The third kappa shape index (κ3) is 1.91. The van der Waals surface area contributed by atoms with E-state index in [9.17, 15) is 22.0 Å². The average Bonchev–Trinajstić information content (AvgIpc) is 1.83. The van der Waals surface area contributed by atoms with Gasteiger partial charge in [-0.3, -0.25) is 0 Å². The molecule has 0 spiro atoms. The molecule has 0 amide bonds. The van der Waals surface area contributed by atoms with Crippen LogP contribution in [0.4, 0.5) is 22.0 Å². The van der Waals surface area contributed by atoms with E-state index in [1.165, 1.54) is 0 Å². The van der Waals surface area contributed by atoms with E-state index in [1.54, 1.807) is 0 Å². The molecule has 0 N–H and O–H groups in total. The zero-order chi connectivity index (χ0) is 9.28. The van der Waals surface area contributed by atoms with Crippen LogP contribution in [0.25, 0.3) is 0 Å². The summed E-state index contributed by atoms with van der Waals surface area (Å²) in [6, 6.07) is 0. The van der Waals surface area contributed by atoms with Gasteiger partial charge in [0.15, 0.2) is 0 Å². The Hall–Kier alpha value is -0.610. The minimum Gasteiger partial charge on any atom is -0.191 e. The van der Waals surface area contributed by atoms with Gasteiger partial charge in [0.1, 0.15) is 0 Å². The average molecular weight is 173 g/mol. The van der Waals surface area contributed by atoms with Gasteiger partial charge in [0, 0.05) is 5.57 Å². The van der Waals surface area contributed by atoms with Crippen LogP contribution in [-0.4, -0.2) is 12.1 Å². The van der Waals surface area contributed by atoms with E-state index in [0.29, 0.717) is 13.0 Å². The second-order valence-electron chi connectivity index (χ2n) is 1.96. The van der Waals surface area contributed by atoms with Gasteiger partial charge in [0.25, 0.3) is 0 Å². The standard InChI is InChI=1S/C6H6F5/c1-3-4(2)5(7,8)6(9,10)11/h3H,1H2,2H3/b4-3+. The maximum Gasteiger partial charge on any atom is 0.457 e. The summed E-state index contributed by atoms with van der Waals surface area (Å²) in [6.07, 6.45) is -5.03. The molecular formula is C6H6F5. The molecule has 0 aliphatic rings. The molecule has 0 aromatic rings. The fraction of sp³-hybridized carbons (Fsp3) is 0.500. The van der Waals surface area contributed by atoms with E-state index >= 15 is 0 Å². The largest absolute Gasteiger partial charge is 0.457 e. The zero-order valence-corrected chi connectivity index (χ0v) is 5.67. The summed E-state index contributed by atoms with van der Waals surface area (Å²) in [4.78, 5) is 0. The molecule has 0 heterocycles. The Morgan fingerprint density at radius 3 is 1.64 bits per heavy atom. The van der Waals surface area contributed by atoms with Gasteiger partial charge in [0.05, 0.1) is 0 Å². The Morgan fingerprint density at radius 2 is 1.55 bits per heavy atom. The van der Waals surface area contributed by atoms with Gasteiger partial charge >= 0.3 is 12.1 Å². The Morgan fingerprint density at radius 1 is 1.18 bits per heavy atom. The lowest BCUT2D eigenvalue weighted by atomic mass is 10.1. The Balaban J connectivity index is 4.74. The summed E-state index contributed by atoms with van der Waals surface area (Å²) in [5.74, 6) is -4.76. The first kappa shape index (κ1) is 10.4. The van der Waals surface area contributed by atoms with E-state index in [-0.39, 0.29) is 0 Å². The van der Waals surface area contributed by atoms with Crippen LogP contribution in [-0.2, 0) is 0 Å². The highest BCUT2D eigenvalue weighted by Crippen LogP contribution is 2.40. The molecule has 0 saturated heterocycles. The Bertz CT molecular complexity index is 164. The first-order chi connectivity index (χ1) is 4.73. The van der Waals surface area contributed by atoms with E-state index in [4.69, 9.17) is 0 Å². The van der Waals surface area contributed by atoms with Gasteiger partial charge in [-0.05, 0) is 13.8 Å². The lowest BCUT2D eigenvalue weighted by Crippen LogP contribution is -2.37. The van der Waals surface area contributed by atoms with Crippen molar-refractivity contribution < 1.29 is 22.0 Å². The van der Waals surface area contributed by atoms with Crippen LogP contribution >= 0.6 is 0 Å². The molecule has 0 bridgehead atoms. The van der Waals surface area contributed by atoms with E-state index in [2.05, 4.69) is 6.92 Å². The van der Waals surface area contributed by atoms with Crippen LogP contribution in [0.2, 0.25) is 0 Å². The molecule has 0 rings (SSSR count). The minimum atomic E-state index is -5.52. The SMILES string of the molecule is [CH2]/C=C(\C)C(F)(F)C(F)(F)F. The summed E-state index contributed by atoms with van der Waals surface area (Å²) in [5, 5.41) is 0. The third-order valence-electron chi connectivity index (χ3n) is 1.16. The Labute approximate surface area is 60.7 Å². The minimum absolute atomic E-state index is 0.494. The first-order valence-electron chi connectivity index (χ1n) is 2.64.